The van der Waals surface area contributed by atoms with Gasteiger partial charge in [-0.05, 0) is 130 Å². The Kier molecular flexibility index (Phi) is 5.87. The number of carbonyl (C=O) groups is 4. The van der Waals surface area contributed by atoms with E-state index in [0.29, 0.717) is 43.7 Å². The zero-order chi connectivity index (χ0) is 29.6. The molecule has 0 radical (unpaired) electrons. The van der Waals surface area contributed by atoms with E-state index in [-0.39, 0.29) is 58.1 Å². The van der Waals surface area contributed by atoms with Crippen molar-refractivity contribution in [3.8, 4) is 0 Å². The second kappa shape index (κ2) is 8.81. The predicted molar refractivity (Wildman–Crippen MR) is 158 cm³/mol. The average Bonchev–Trinajstić information content (AvgIpc) is 3.45. The van der Waals surface area contributed by atoms with E-state index in [1.165, 1.54) is 25.7 Å². The van der Waals surface area contributed by atoms with Gasteiger partial charge >= 0.3 is 5.97 Å². The van der Waals surface area contributed by atoms with Gasteiger partial charge in [0.1, 0.15) is 23.0 Å². The SMILES string of the molecule is CC(CCC(=O)OC(C)(C)C12CC3CC(C1)C1C(C2)C31)C1CCC2C3C(=O)CC4CC(=O)CCC4(C)C3CC(=O)C12C. The van der Waals surface area contributed by atoms with Crippen molar-refractivity contribution in [2.45, 2.75) is 124 Å². The molecule has 9 aliphatic carbocycles. The van der Waals surface area contributed by atoms with Crippen LogP contribution in [0.1, 0.15) is 118 Å². The van der Waals surface area contributed by atoms with E-state index in [4.69, 9.17) is 4.74 Å². The van der Waals surface area contributed by atoms with Gasteiger partial charge in [0.25, 0.3) is 0 Å². The largest absolute Gasteiger partial charge is 0.459 e. The summed E-state index contributed by atoms with van der Waals surface area (Å²) in [7, 11) is 0. The van der Waals surface area contributed by atoms with Crippen molar-refractivity contribution in [2.24, 2.45) is 81.3 Å². The van der Waals surface area contributed by atoms with Crippen LogP contribution in [0.15, 0.2) is 0 Å². The van der Waals surface area contributed by atoms with Gasteiger partial charge in [-0.3, -0.25) is 19.2 Å². The summed E-state index contributed by atoms with van der Waals surface area (Å²) < 4.78 is 6.38. The van der Waals surface area contributed by atoms with Gasteiger partial charge in [0.15, 0.2) is 0 Å². The average molecular weight is 577 g/mol. The Balaban J connectivity index is 0.935. The van der Waals surface area contributed by atoms with Gasteiger partial charge in [-0.1, -0.05) is 20.8 Å². The first-order valence-corrected chi connectivity index (χ1v) is 17.6. The lowest BCUT2D eigenvalue weighted by Gasteiger charge is -2.58. The Bertz CT molecular complexity index is 1230. The fourth-order valence-corrected chi connectivity index (χ4v) is 14.0. The van der Waals surface area contributed by atoms with Crippen molar-refractivity contribution >= 4 is 23.3 Å². The third kappa shape index (κ3) is 3.55. The fraction of sp³-hybridized carbons (Fsp3) is 0.892. The van der Waals surface area contributed by atoms with Crippen molar-refractivity contribution in [3.05, 3.63) is 0 Å². The smallest absolute Gasteiger partial charge is 0.306 e. The van der Waals surface area contributed by atoms with E-state index in [1.54, 1.807) is 0 Å². The lowest BCUT2D eigenvalue weighted by molar-refractivity contribution is -0.187. The van der Waals surface area contributed by atoms with E-state index in [0.717, 1.165) is 55.3 Å². The van der Waals surface area contributed by atoms with E-state index in [1.807, 2.05) is 0 Å². The molecule has 0 saturated heterocycles. The molecule has 9 saturated carbocycles. The Morgan fingerprint density at radius 3 is 2.38 bits per heavy atom. The lowest BCUT2D eigenvalue weighted by atomic mass is 9.44. The summed E-state index contributed by atoms with van der Waals surface area (Å²) in [5.74, 6) is 6.17. The van der Waals surface area contributed by atoms with Crippen LogP contribution in [0.25, 0.3) is 0 Å². The molecule has 0 aliphatic heterocycles. The minimum atomic E-state index is -0.491. The van der Waals surface area contributed by atoms with Crippen LogP contribution in [0.4, 0.5) is 0 Å². The number of ether oxygens (including phenoxy) is 1. The van der Waals surface area contributed by atoms with Gasteiger partial charge in [-0.2, -0.15) is 0 Å². The summed E-state index contributed by atoms with van der Waals surface area (Å²) in [6, 6.07) is 0. The molecule has 4 bridgehead atoms. The number of ketones is 3. The highest BCUT2D eigenvalue weighted by molar-refractivity contribution is 5.93. The zero-order valence-corrected chi connectivity index (χ0v) is 26.6. The predicted octanol–water partition coefficient (Wildman–Crippen LogP) is 6.99. The quantitative estimate of drug-likeness (QED) is 0.319. The summed E-state index contributed by atoms with van der Waals surface area (Å²) in [6.45, 7) is 11.0. The maximum absolute atomic E-state index is 14.1. The molecule has 9 rings (SSSR count). The molecule has 12 atom stereocenters. The number of carbonyl (C=O) groups excluding carboxylic acids is 4. The zero-order valence-electron chi connectivity index (χ0n) is 26.6. The van der Waals surface area contributed by atoms with Gasteiger partial charge in [0, 0.05) is 48.9 Å². The first kappa shape index (κ1) is 28.0. The molecule has 0 amide bonds. The molecule has 0 aromatic carbocycles. The summed E-state index contributed by atoms with van der Waals surface area (Å²) in [6.07, 6.45) is 11.1. The third-order valence-electron chi connectivity index (χ3n) is 16.3. The molecular weight excluding hydrogens is 524 g/mol. The molecule has 5 heteroatoms. The highest BCUT2D eigenvalue weighted by Gasteiger charge is 2.74. The van der Waals surface area contributed by atoms with E-state index in [9.17, 15) is 19.2 Å². The summed E-state index contributed by atoms with van der Waals surface area (Å²) >= 11 is 0. The van der Waals surface area contributed by atoms with E-state index < -0.39 is 11.0 Å². The maximum atomic E-state index is 14.1. The van der Waals surface area contributed by atoms with E-state index in [2.05, 4.69) is 34.6 Å². The molecule has 0 spiro atoms. The molecule has 12 unspecified atom stereocenters. The number of rotatable bonds is 6. The van der Waals surface area contributed by atoms with Crippen molar-refractivity contribution in [1.82, 2.24) is 0 Å². The van der Waals surface area contributed by atoms with Crippen molar-refractivity contribution in [2.75, 3.05) is 0 Å². The molecule has 0 heterocycles. The minimum absolute atomic E-state index is 0.0489. The molecule has 0 N–H and O–H groups in total. The second-order valence-corrected chi connectivity index (χ2v) is 17.9. The summed E-state index contributed by atoms with van der Waals surface area (Å²) in [5.41, 5.74) is -0.821. The molecule has 0 aromatic heterocycles. The van der Waals surface area contributed by atoms with Crippen LogP contribution in [0.3, 0.4) is 0 Å². The number of Topliss-reactive ketones (excluding diaryl/α,β-unsaturated/α-hetero) is 3. The number of hydrogen-bond acceptors (Lipinski definition) is 5. The molecule has 42 heavy (non-hydrogen) atoms. The van der Waals surface area contributed by atoms with Crippen LogP contribution >= 0.6 is 0 Å². The van der Waals surface area contributed by atoms with Crippen LogP contribution in [-0.2, 0) is 23.9 Å². The van der Waals surface area contributed by atoms with Crippen LogP contribution < -0.4 is 0 Å². The molecule has 5 nitrogen and oxygen atoms in total. The number of fused-ring (bicyclic) bond motifs is 5. The Hall–Kier alpha value is -1.52. The Morgan fingerprint density at radius 1 is 0.976 bits per heavy atom. The molecule has 9 aliphatic rings. The fourth-order valence-electron chi connectivity index (χ4n) is 14.0. The van der Waals surface area contributed by atoms with Gasteiger partial charge in [0.2, 0.25) is 0 Å². The van der Waals surface area contributed by atoms with Gasteiger partial charge in [0.05, 0.1) is 0 Å². The normalized spacial score (nSPS) is 52.5. The summed E-state index contributed by atoms with van der Waals surface area (Å²) in [4.78, 5) is 53.4. The highest BCUT2D eigenvalue weighted by atomic mass is 16.6. The molecule has 230 valence electrons. The first-order valence-electron chi connectivity index (χ1n) is 17.6. The summed E-state index contributed by atoms with van der Waals surface area (Å²) in [5, 5.41) is 0. The second-order valence-electron chi connectivity index (χ2n) is 17.9. The third-order valence-corrected chi connectivity index (χ3v) is 16.3. The minimum Gasteiger partial charge on any atom is -0.459 e. The van der Waals surface area contributed by atoms with E-state index >= 15 is 0 Å². The maximum Gasteiger partial charge on any atom is 0.306 e. The highest BCUT2D eigenvalue weighted by Crippen LogP contribution is 2.79. The van der Waals surface area contributed by atoms with Crippen LogP contribution in [0.5, 0.6) is 0 Å². The topological polar surface area (TPSA) is 77.5 Å². The van der Waals surface area contributed by atoms with Crippen molar-refractivity contribution < 1.29 is 23.9 Å². The Morgan fingerprint density at radius 2 is 1.69 bits per heavy atom. The lowest BCUT2D eigenvalue weighted by Crippen LogP contribution is -2.60. The van der Waals surface area contributed by atoms with Crippen LogP contribution in [0.2, 0.25) is 0 Å². The number of hydrogen-bond donors (Lipinski definition) is 0. The monoisotopic (exact) mass is 576 g/mol. The first-order chi connectivity index (χ1) is 19.8. The standard InChI is InChI=1S/C37H52O5/c1-19(6-9-30(41)42-34(2,3)37-16-20-12-21(17-37)32-24(18-37)31(20)32)25-7-8-26-33-27(15-29(40)36(25,26)5)35(4)11-10-23(38)13-22(35)14-28(33)39/h19-22,24-27,31-33H,6-18H2,1-5H3. The van der Waals surface area contributed by atoms with Crippen molar-refractivity contribution in [3.63, 3.8) is 0 Å². The Labute approximate surface area is 252 Å². The molecule has 0 aromatic rings. The van der Waals surface area contributed by atoms with Gasteiger partial charge in [-0.25, -0.2) is 0 Å². The van der Waals surface area contributed by atoms with Crippen LogP contribution in [0, 0.1) is 81.3 Å². The molecular formula is C37H52O5. The van der Waals surface area contributed by atoms with Crippen LogP contribution in [-0.4, -0.2) is 28.9 Å². The molecule has 9 fully saturated rings. The number of esters is 1. The van der Waals surface area contributed by atoms with Gasteiger partial charge < -0.3 is 4.74 Å². The van der Waals surface area contributed by atoms with Gasteiger partial charge in [-0.15, -0.1) is 0 Å². The van der Waals surface area contributed by atoms with Crippen molar-refractivity contribution in [1.29, 1.82) is 0 Å².